The van der Waals surface area contributed by atoms with E-state index >= 15 is 0 Å². The van der Waals surface area contributed by atoms with Crippen molar-refractivity contribution in [3.8, 4) is 5.75 Å². The number of ether oxygens (including phenoxy) is 2. The Kier molecular flexibility index (Phi) is 9.28. The third-order valence-corrected chi connectivity index (χ3v) is 17.8. The topological polar surface area (TPSA) is 80.9 Å². The van der Waals surface area contributed by atoms with Gasteiger partial charge in [-0.1, -0.05) is 53.7 Å². The fourth-order valence-corrected chi connectivity index (χ4v) is 6.39. The average molecular weight is 577 g/mol. The van der Waals surface area contributed by atoms with Gasteiger partial charge in [0, 0.05) is 18.7 Å². The molecule has 39 heavy (non-hydrogen) atoms. The van der Waals surface area contributed by atoms with Crippen LogP contribution >= 0.6 is 0 Å². The predicted octanol–water partition coefficient (Wildman–Crippen LogP) is 5.77. The maximum atomic E-state index is 13.6. The quantitative estimate of drug-likeness (QED) is 0.353. The van der Waals surface area contributed by atoms with E-state index in [1.165, 1.54) is 15.2 Å². The summed E-state index contributed by atoms with van der Waals surface area (Å²) < 4.78 is 27.9. The van der Waals surface area contributed by atoms with Gasteiger partial charge in [0.05, 0.1) is 26.4 Å². The van der Waals surface area contributed by atoms with Gasteiger partial charge >= 0.3 is 5.69 Å². The number of methoxy groups -OCH3 is 1. The van der Waals surface area contributed by atoms with Gasteiger partial charge in [-0.05, 0) is 54.0 Å². The molecule has 10 heteroatoms. The molecule has 0 unspecified atom stereocenters. The van der Waals surface area contributed by atoms with Crippen LogP contribution in [-0.4, -0.2) is 51.7 Å². The lowest BCUT2D eigenvalue weighted by molar-refractivity contribution is -0.0416. The zero-order valence-corrected chi connectivity index (χ0v) is 27.7. The van der Waals surface area contributed by atoms with Crippen LogP contribution in [0.25, 0.3) is 0 Å². The number of nitrogens with zero attached hydrogens (tertiary/aromatic N) is 2. The van der Waals surface area contributed by atoms with E-state index in [0.29, 0.717) is 13.0 Å². The number of hydrogen-bond acceptors (Lipinski definition) is 6. The van der Waals surface area contributed by atoms with Crippen molar-refractivity contribution >= 4 is 16.6 Å². The summed E-state index contributed by atoms with van der Waals surface area (Å²) in [5, 5.41) is 0.0903. The van der Waals surface area contributed by atoms with E-state index < -0.39 is 28.6 Å². The summed E-state index contributed by atoms with van der Waals surface area (Å²) in [5.74, 6) is 0.717. The van der Waals surface area contributed by atoms with Crippen LogP contribution in [-0.2, 0) is 20.1 Å². The van der Waals surface area contributed by atoms with E-state index in [9.17, 15) is 9.59 Å². The van der Waals surface area contributed by atoms with Crippen LogP contribution in [0.15, 0.2) is 46.1 Å². The predicted molar refractivity (Wildman–Crippen MR) is 161 cm³/mol. The van der Waals surface area contributed by atoms with Gasteiger partial charge in [-0.3, -0.25) is 13.9 Å². The lowest BCUT2D eigenvalue weighted by Gasteiger charge is -2.40. The van der Waals surface area contributed by atoms with Gasteiger partial charge in [0.1, 0.15) is 18.1 Å². The normalized spacial score (nSPS) is 20.8. The minimum absolute atomic E-state index is 0.0261. The number of hydrogen-bond donors (Lipinski definition) is 0. The lowest BCUT2D eigenvalue weighted by Crippen LogP contribution is -2.48. The minimum atomic E-state index is -2.12. The average Bonchev–Trinajstić information content (AvgIpc) is 3.21. The highest BCUT2D eigenvalue weighted by molar-refractivity contribution is 6.74. The smallest absolute Gasteiger partial charge is 0.333 e. The first-order valence-corrected chi connectivity index (χ1v) is 19.6. The molecule has 218 valence electrons. The summed E-state index contributed by atoms with van der Waals surface area (Å²) in [4.78, 5) is 26.3. The fraction of sp³-hybridized carbons (Fsp3) is 0.655. The van der Waals surface area contributed by atoms with E-state index in [0.717, 1.165) is 11.3 Å². The van der Waals surface area contributed by atoms with Crippen molar-refractivity contribution in [3.05, 3.63) is 62.9 Å². The Morgan fingerprint density at radius 1 is 0.923 bits per heavy atom. The van der Waals surface area contributed by atoms with Gasteiger partial charge in [0.15, 0.2) is 16.6 Å². The zero-order chi connectivity index (χ0) is 29.4. The Balaban J connectivity index is 1.91. The molecular formula is C29H48N2O6Si2. The van der Waals surface area contributed by atoms with Gasteiger partial charge < -0.3 is 18.3 Å². The van der Waals surface area contributed by atoms with Gasteiger partial charge in [-0.15, -0.1) is 0 Å². The highest BCUT2D eigenvalue weighted by atomic mass is 28.4. The molecule has 1 aromatic carbocycles. The molecular weight excluding hydrogens is 528 g/mol. The molecule has 0 aliphatic carbocycles. The minimum Gasteiger partial charge on any atom is -0.497 e. The molecule has 0 saturated carbocycles. The van der Waals surface area contributed by atoms with Crippen LogP contribution in [0.3, 0.4) is 0 Å². The van der Waals surface area contributed by atoms with Crippen LogP contribution in [0.1, 0.15) is 59.8 Å². The molecule has 1 aliphatic rings. The first kappa shape index (κ1) is 31.5. The molecule has 0 radical (unpaired) electrons. The lowest BCUT2D eigenvalue weighted by atomic mass is 10.2. The van der Waals surface area contributed by atoms with Crippen LogP contribution < -0.4 is 16.0 Å². The van der Waals surface area contributed by atoms with Crippen LogP contribution in [0.4, 0.5) is 0 Å². The van der Waals surface area contributed by atoms with Gasteiger partial charge in [0.25, 0.3) is 5.56 Å². The highest BCUT2D eigenvalue weighted by Gasteiger charge is 2.46. The molecule has 1 saturated heterocycles. The van der Waals surface area contributed by atoms with Gasteiger partial charge in [-0.2, -0.15) is 0 Å². The van der Waals surface area contributed by atoms with Crippen molar-refractivity contribution in [2.45, 2.75) is 109 Å². The van der Waals surface area contributed by atoms with Crippen molar-refractivity contribution in [3.63, 3.8) is 0 Å². The van der Waals surface area contributed by atoms with E-state index in [-0.39, 0.29) is 34.4 Å². The first-order valence-electron chi connectivity index (χ1n) is 13.8. The van der Waals surface area contributed by atoms with Gasteiger partial charge in [0.2, 0.25) is 0 Å². The number of rotatable bonds is 9. The highest BCUT2D eigenvalue weighted by Crippen LogP contribution is 2.42. The first-order chi connectivity index (χ1) is 17.9. The van der Waals surface area contributed by atoms with Crippen molar-refractivity contribution in [2.75, 3.05) is 13.7 Å². The molecule has 8 nitrogen and oxygen atoms in total. The fourth-order valence-electron chi connectivity index (χ4n) is 4.02. The molecule has 0 bridgehead atoms. The SMILES string of the molecule is COc1ccc(Cn2c(=O)ccn([C@H]3C[C@H](O[Si](C)(C)C(C)(C)C)[C@@H](CO[Si](C)(C)C(C)(C)C)O3)c2=O)cc1. The third-order valence-electron chi connectivity index (χ3n) is 8.75. The Bertz CT molecular complexity index is 1240. The Morgan fingerprint density at radius 2 is 1.51 bits per heavy atom. The maximum Gasteiger partial charge on any atom is 0.333 e. The summed E-state index contributed by atoms with van der Waals surface area (Å²) in [6, 6.07) is 8.77. The molecule has 2 heterocycles. The standard InChI is InChI=1S/C29H48N2O6Si2/c1-28(2,3)38(8,9)35-20-24-23(37-39(10,11)29(4,5)6)18-26(36-24)30-17-16-25(32)31(27(30)33)19-21-12-14-22(34-7)15-13-21/h12-17,23-24,26H,18-20H2,1-11H3/t23-,24+,26+/m0/s1. The monoisotopic (exact) mass is 576 g/mol. The second-order valence-electron chi connectivity index (χ2n) is 13.6. The number of aromatic nitrogens is 2. The van der Waals surface area contributed by atoms with Crippen molar-refractivity contribution in [1.82, 2.24) is 9.13 Å². The molecule has 1 aliphatic heterocycles. The van der Waals surface area contributed by atoms with E-state index in [1.807, 2.05) is 24.3 Å². The molecule has 1 aromatic heterocycles. The molecule has 3 rings (SSSR count). The molecule has 0 amide bonds. The van der Waals surface area contributed by atoms with E-state index in [1.54, 1.807) is 13.3 Å². The van der Waals surface area contributed by atoms with Crippen LogP contribution in [0.2, 0.25) is 36.3 Å². The molecule has 3 atom stereocenters. The summed E-state index contributed by atoms with van der Waals surface area (Å²) in [5.41, 5.74) is 0.0807. The van der Waals surface area contributed by atoms with E-state index in [2.05, 4.69) is 67.7 Å². The van der Waals surface area contributed by atoms with Gasteiger partial charge in [-0.25, -0.2) is 4.79 Å². The Hall–Kier alpha value is -1.99. The maximum absolute atomic E-state index is 13.6. The molecule has 2 aromatic rings. The molecule has 0 N–H and O–H groups in total. The Labute approximate surface area is 235 Å². The zero-order valence-electron chi connectivity index (χ0n) is 25.7. The molecule has 0 spiro atoms. The Morgan fingerprint density at radius 3 is 2.05 bits per heavy atom. The third kappa shape index (κ3) is 7.21. The summed E-state index contributed by atoms with van der Waals surface area (Å²) in [7, 11) is -2.55. The summed E-state index contributed by atoms with van der Waals surface area (Å²) in [6.45, 7) is 22.8. The molecule has 1 fully saturated rings. The summed E-state index contributed by atoms with van der Waals surface area (Å²) >= 11 is 0. The van der Waals surface area contributed by atoms with Crippen molar-refractivity contribution in [1.29, 1.82) is 0 Å². The second kappa shape index (κ2) is 11.5. The van der Waals surface area contributed by atoms with Crippen molar-refractivity contribution < 1.29 is 18.3 Å². The number of benzene rings is 1. The van der Waals surface area contributed by atoms with E-state index in [4.69, 9.17) is 18.3 Å². The largest absolute Gasteiger partial charge is 0.497 e. The second-order valence-corrected chi connectivity index (χ2v) is 23.2. The van der Waals surface area contributed by atoms with Crippen LogP contribution in [0.5, 0.6) is 5.75 Å². The van der Waals surface area contributed by atoms with Crippen molar-refractivity contribution in [2.24, 2.45) is 0 Å². The summed E-state index contributed by atoms with van der Waals surface area (Å²) in [6.07, 6.45) is 0.976. The van der Waals surface area contributed by atoms with Crippen LogP contribution in [0, 0.1) is 0 Å².